The third-order valence-corrected chi connectivity index (χ3v) is 2.79. The Morgan fingerprint density at radius 1 is 1.35 bits per heavy atom. The minimum Gasteiger partial charge on any atom is -0.399 e. The predicted molar refractivity (Wildman–Crippen MR) is 68.9 cm³/mol. The van der Waals surface area contributed by atoms with Crippen LogP contribution in [0.5, 0.6) is 0 Å². The molecule has 1 heterocycles. The van der Waals surface area contributed by atoms with Crippen LogP contribution in [0.3, 0.4) is 0 Å². The summed E-state index contributed by atoms with van der Waals surface area (Å²) in [6.07, 6.45) is 0. The van der Waals surface area contributed by atoms with Crippen LogP contribution < -0.4 is 11.1 Å². The number of aryl methyl sites for hydroxylation is 2. The lowest BCUT2D eigenvalue weighted by atomic mass is 10.1. The van der Waals surface area contributed by atoms with E-state index in [0.717, 1.165) is 28.4 Å². The van der Waals surface area contributed by atoms with E-state index < -0.39 is 0 Å². The predicted octanol–water partition coefficient (Wildman–Crippen LogP) is 3.05. The Balaban J connectivity index is 2.20. The summed E-state index contributed by atoms with van der Waals surface area (Å²) in [6, 6.07) is 7.84. The Hall–Kier alpha value is -1.97. The van der Waals surface area contributed by atoms with Gasteiger partial charge < -0.3 is 15.6 Å². The quantitative estimate of drug-likeness (QED) is 0.797. The summed E-state index contributed by atoms with van der Waals surface area (Å²) in [7, 11) is 0. The second-order valence-electron chi connectivity index (χ2n) is 4.23. The van der Waals surface area contributed by atoms with Crippen molar-refractivity contribution < 1.29 is 4.52 Å². The molecule has 1 atom stereocenters. The second-order valence-corrected chi connectivity index (χ2v) is 4.23. The van der Waals surface area contributed by atoms with Crippen molar-refractivity contribution in [2.75, 3.05) is 11.1 Å². The van der Waals surface area contributed by atoms with Crippen molar-refractivity contribution in [2.24, 2.45) is 0 Å². The summed E-state index contributed by atoms with van der Waals surface area (Å²) in [5.74, 6) is 0.853. The highest BCUT2D eigenvalue weighted by atomic mass is 16.5. The maximum atomic E-state index is 5.74. The molecule has 4 nitrogen and oxygen atoms in total. The Morgan fingerprint density at radius 3 is 2.71 bits per heavy atom. The normalized spacial score (nSPS) is 12.4. The van der Waals surface area contributed by atoms with E-state index in [0.29, 0.717) is 0 Å². The van der Waals surface area contributed by atoms with Crippen LogP contribution in [0, 0.1) is 13.8 Å². The lowest BCUT2D eigenvalue weighted by Gasteiger charge is -2.15. The molecule has 0 spiro atoms. The summed E-state index contributed by atoms with van der Waals surface area (Å²) in [5, 5.41) is 7.34. The highest BCUT2D eigenvalue weighted by Gasteiger charge is 2.15. The van der Waals surface area contributed by atoms with Crippen LogP contribution in [0.2, 0.25) is 0 Å². The van der Waals surface area contributed by atoms with Crippen molar-refractivity contribution in [3.05, 3.63) is 41.3 Å². The molecule has 17 heavy (non-hydrogen) atoms. The molecule has 1 aromatic heterocycles. The molecule has 1 aromatic carbocycles. The molecule has 0 amide bonds. The SMILES string of the molecule is Cc1noc(C)c1C(C)Nc1cccc(N)c1. The molecule has 90 valence electrons. The highest BCUT2D eigenvalue weighted by Crippen LogP contribution is 2.25. The van der Waals surface area contributed by atoms with Crippen molar-refractivity contribution in [2.45, 2.75) is 26.8 Å². The Kier molecular flexibility index (Phi) is 3.04. The van der Waals surface area contributed by atoms with Gasteiger partial charge in [0, 0.05) is 16.9 Å². The number of nitrogens with zero attached hydrogens (tertiary/aromatic N) is 1. The Bertz CT molecular complexity index is 500. The van der Waals surface area contributed by atoms with E-state index in [1.54, 1.807) is 0 Å². The molecule has 0 aliphatic heterocycles. The average Bonchev–Trinajstić information content (AvgIpc) is 2.58. The molecule has 0 saturated heterocycles. The van der Waals surface area contributed by atoms with E-state index in [-0.39, 0.29) is 6.04 Å². The molecule has 0 radical (unpaired) electrons. The summed E-state index contributed by atoms with van der Waals surface area (Å²) in [5.41, 5.74) is 9.52. The van der Waals surface area contributed by atoms with Crippen molar-refractivity contribution in [3.8, 4) is 0 Å². The number of aromatic nitrogens is 1. The molecule has 1 unspecified atom stereocenters. The zero-order valence-electron chi connectivity index (χ0n) is 10.3. The maximum absolute atomic E-state index is 5.74. The molecule has 0 aliphatic rings. The first-order valence-electron chi connectivity index (χ1n) is 5.63. The topological polar surface area (TPSA) is 64.1 Å². The number of hydrogen-bond donors (Lipinski definition) is 2. The largest absolute Gasteiger partial charge is 0.399 e. The van der Waals surface area contributed by atoms with Gasteiger partial charge in [-0.25, -0.2) is 0 Å². The number of hydrogen-bond acceptors (Lipinski definition) is 4. The Labute approximate surface area is 101 Å². The van der Waals surface area contributed by atoms with Crippen molar-refractivity contribution in [1.82, 2.24) is 5.16 Å². The zero-order valence-corrected chi connectivity index (χ0v) is 10.3. The van der Waals surface area contributed by atoms with Crippen molar-refractivity contribution >= 4 is 11.4 Å². The smallest absolute Gasteiger partial charge is 0.139 e. The first-order chi connectivity index (χ1) is 8.08. The fourth-order valence-corrected chi connectivity index (χ4v) is 2.06. The maximum Gasteiger partial charge on any atom is 0.139 e. The van der Waals surface area contributed by atoms with E-state index in [9.17, 15) is 0 Å². The van der Waals surface area contributed by atoms with Gasteiger partial charge in [0.1, 0.15) is 5.76 Å². The first kappa shape index (κ1) is 11.5. The molecule has 0 fully saturated rings. The van der Waals surface area contributed by atoms with Crippen LogP contribution in [0.15, 0.2) is 28.8 Å². The van der Waals surface area contributed by atoms with E-state index in [2.05, 4.69) is 17.4 Å². The number of nitrogens with one attached hydrogen (secondary N) is 1. The van der Waals surface area contributed by atoms with Crippen LogP contribution in [0.25, 0.3) is 0 Å². The van der Waals surface area contributed by atoms with Crippen LogP contribution >= 0.6 is 0 Å². The van der Waals surface area contributed by atoms with Crippen LogP contribution in [-0.2, 0) is 0 Å². The molecular weight excluding hydrogens is 214 g/mol. The minimum atomic E-state index is 0.142. The fraction of sp³-hybridized carbons (Fsp3) is 0.308. The number of benzene rings is 1. The fourth-order valence-electron chi connectivity index (χ4n) is 2.06. The van der Waals surface area contributed by atoms with Crippen molar-refractivity contribution in [1.29, 1.82) is 0 Å². The van der Waals surface area contributed by atoms with Gasteiger partial charge >= 0.3 is 0 Å². The van der Waals surface area contributed by atoms with Gasteiger partial charge in [0.2, 0.25) is 0 Å². The number of nitrogens with two attached hydrogens (primary N) is 1. The van der Waals surface area contributed by atoms with Crippen LogP contribution in [0.4, 0.5) is 11.4 Å². The minimum absolute atomic E-state index is 0.142. The van der Waals surface area contributed by atoms with Crippen LogP contribution in [0.1, 0.15) is 30.0 Å². The molecule has 2 rings (SSSR count). The number of anilines is 2. The van der Waals surface area contributed by atoms with E-state index in [1.165, 1.54) is 0 Å². The van der Waals surface area contributed by atoms with Gasteiger partial charge in [0.25, 0.3) is 0 Å². The van der Waals surface area contributed by atoms with Crippen LogP contribution in [-0.4, -0.2) is 5.16 Å². The summed E-state index contributed by atoms with van der Waals surface area (Å²) < 4.78 is 5.16. The van der Waals surface area contributed by atoms with Gasteiger partial charge in [-0.3, -0.25) is 0 Å². The summed E-state index contributed by atoms with van der Waals surface area (Å²) >= 11 is 0. The van der Waals surface area contributed by atoms with Gasteiger partial charge in [-0.05, 0) is 39.0 Å². The van der Waals surface area contributed by atoms with Crippen molar-refractivity contribution in [3.63, 3.8) is 0 Å². The van der Waals surface area contributed by atoms with E-state index >= 15 is 0 Å². The second kappa shape index (κ2) is 4.49. The lowest BCUT2D eigenvalue weighted by molar-refractivity contribution is 0.392. The highest BCUT2D eigenvalue weighted by molar-refractivity contribution is 5.55. The number of rotatable bonds is 3. The van der Waals surface area contributed by atoms with E-state index in [1.807, 2.05) is 38.1 Å². The van der Waals surface area contributed by atoms with E-state index in [4.69, 9.17) is 10.3 Å². The average molecular weight is 231 g/mol. The summed E-state index contributed by atoms with van der Waals surface area (Å²) in [4.78, 5) is 0. The first-order valence-corrected chi connectivity index (χ1v) is 5.63. The molecule has 2 aromatic rings. The molecule has 0 saturated carbocycles. The van der Waals surface area contributed by atoms with Gasteiger partial charge in [0.15, 0.2) is 0 Å². The molecule has 3 N–H and O–H groups in total. The third-order valence-electron chi connectivity index (χ3n) is 2.79. The lowest BCUT2D eigenvalue weighted by Crippen LogP contribution is -2.08. The molecule has 0 bridgehead atoms. The molecule has 0 aliphatic carbocycles. The summed E-state index contributed by atoms with van der Waals surface area (Å²) in [6.45, 7) is 5.95. The molecule has 4 heteroatoms. The Morgan fingerprint density at radius 2 is 2.12 bits per heavy atom. The standard InChI is InChI=1S/C13H17N3O/c1-8(13-9(2)16-17-10(13)3)15-12-6-4-5-11(14)7-12/h4-8,15H,14H2,1-3H3. The molecular formula is C13H17N3O. The third kappa shape index (κ3) is 2.41. The van der Waals surface area contributed by atoms with Gasteiger partial charge in [-0.2, -0.15) is 0 Å². The van der Waals surface area contributed by atoms with Gasteiger partial charge in [-0.1, -0.05) is 11.2 Å². The monoisotopic (exact) mass is 231 g/mol. The van der Waals surface area contributed by atoms with Gasteiger partial charge in [0.05, 0.1) is 11.7 Å². The van der Waals surface area contributed by atoms with Gasteiger partial charge in [-0.15, -0.1) is 0 Å². The zero-order chi connectivity index (χ0) is 12.4. The number of nitrogen functional groups attached to an aromatic ring is 1.